The van der Waals surface area contributed by atoms with Gasteiger partial charge < -0.3 is 16.0 Å². The van der Waals surface area contributed by atoms with E-state index < -0.39 is 0 Å². The number of amides is 1. The van der Waals surface area contributed by atoms with Crippen molar-refractivity contribution in [2.45, 2.75) is 19.9 Å². The molecule has 0 rings (SSSR count). The fourth-order valence-corrected chi connectivity index (χ4v) is 0.694. The van der Waals surface area contributed by atoms with Crippen LogP contribution in [-0.2, 0) is 4.79 Å². The van der Waals surface area contributed by atoms with Crippen molar-refractivity contribution >= 4 is 23.2 Å². The van der Waals surface area contributed by atoms with Crippen LogP contribution in [0.5, 0.6) is 0 Å². The zero-order valence-corrected chi connectivity index (χ0v) is 8.42. The minimum atomic E-state index is -0.0531. The van der Waals surface area contributed by atoms with E-state index in [1.807, 2.05) is 13.8 Å². The van der Waals surface area contributed by atoms with Gasteiger partial charge in [0.05, 0.1) is 6.54 Å². The lowest BCUT2D eigenvalue weighted by atomic mass is 10.4. The summed E-state index contributed by atoms with van der Waals surface area (Å²) in [6, 6.07) is 0.169. The molecule has 12 heavy (non-hydrogen) atoms. The van der Waals surface area contributed by atoms with Gasteiger partial charge in [0, 0.05) is 13.1 Å². The fraction of sp³-hybridized carbons (Fsp3) is 0.714. The molecular weight excluding hydrogens is 174 g/mol. The monoisotopic (exact) mass is 189 g/mol. The van der Waals surface area contributed by atoms with Crippen LogP contribution in [0.4, 0.5) is 0 Å². The number of nitrogens with one attached hydrogen (secondary N) is 3. The van der Waals surface area contributed by atoms with Gasteiger partial charge in [-0.1, -0.05) is 0 Å². The average Bonchev–Trinajstić information content (AvgIpc) is 1.99. The number of thiocarbonyl (C=S) groups is 1. The average molecular weight is 189 g/mol. The Kier molecular flexibility index (Phi) is 5.36. The first-order valence-corrected chi connectivity index (χ1v) is 4.22. The van der Waals surface area contributed by atoms with E-state index in [1.54, 1.807) is 7.05 Å². The molecule has 70 valence electrons. The third kappa shape index (κ3) is 5.91. The normalized spacial score (nSPS) is 9.33. The molecular formula is C7H15N3OS. The zero-order valence-electron chi connectivity index (χ0n) is 7.60. The Morgan fingerprint density at radius 3 is 2.50 bits per heavy atom. The molecule has 0 fully saturated rings. The molecule has 0 bridgehead atoms. The molecule has 0 aromatic heterocycles. The van der Waals surface area contributed by atoms with Crippen LogP contribution < -0.4 is 16.0 Å². The first kappa shape index (κ1) is 11.2. The van der Waals surface area contributed by atoms with E-state index in [0.29, 0.717) is 5.11 Å². The first-order chi connectivity index (χ1) is 5.56. The Hall–Kier alpha value is -0.840. The van der Waals surface area contributed by atoms with E-state index in [4.69, 9.17) is 12.2 Å². The van der Waals surface area contributed by atoms with E-state index in [1.165, 1.54) is 0 Å². The number of carbonyl (C=O) groups is 1. The van der Waals surface area contributed by atoms with Gasteiger partial charge >= 0.3 is 0 Å². The quantitative estimate of drug-likeness (QED) is 0.529. The molecule has 0 atom stereocenters. The molecule has 0 saturated carbocycles. The van der Waals surface area contributed by atoms with Crippen LogP contribution >= 0.6 is 12.2 Å². The second kappa shape index (κ2) is 5.77. The molecule has 0 aromatic carbocycles. The summed E-state index contributed by atoms with van der Waals surface area (Å²) in [4.78, 5) is 11.0. The maximum Gasteiger partial charge on any atom is 0.239 e. The topological polar surface area (TPSA) is 53.2 Å². The molecule has 0 aliphatic rings. The molecule has 0 heterocycles. The van der Waals surface area contributed by atoms with Gasteiger partial charge in [-0.3, -0.25) is 4.79 Å². The van der Waals surface area contributed by atoms with Gasteiger partial charge in [0.15, 0.2) is 5.11 Å². The van der Waals surface area contributed by atoms with Gasteiger partial charge in [-0.25, -0.2) is 0 Å². The number of hydrogen-bond donors (Lipinski definition) is 3. The highest BCUT2D eigenvalue weighted by Gasteiger charge is 2.02. The van der Waals surface area contributed by atoms with Gasteiger partial charge in [-0.05, 0) is 26.1 Å². The summed E-state index contributed by atoms with van der Waals surface area (Å²) in [5.74, 6) is -0.0531. The minimum absolute atomic E-state index is 0.0531. The lowest BCUT2D eigenvalue weighted by Crippen LogP contribution is -2.42. The highest BCUT2D eigenvalue weighted by molar-refractivity contribution is 7.80. The van der Waals surface area contributed by atoms with Crippen LogP contribution in [-0.4, -0.2) is 30.7 Å². The number of hydrogen-bond acceptors (Lipinski definition) is 2. The van der Waals surface area contributed by atoms with Gasteiger partial charge in [0.1, 0.15) is 0 Å². The number of carbonyl (C=O) groups excluding carboxylic acids is 1. The molecule has 4 nitrogen and oxygen atoms in total. The van der Waals surface area contributed by atoms with Crippen LogP contribution in [0.15, 0.2) is 0 Å². The smallest absolute Gasteiger partial charge is 0.239 e. The van der Waals surface area contributed by atoms with Crippen molar-refractivity contribution in [2.24, 2.45) is 0 Å². The van der Waals surface area contributed by atoms with E-state index in [0.717, 1.165) is 0 Å². The zero-order chi connectivity index (χ0) is 9.56. The molecule has 0 radical (unpaired) electrons. The van der Waals surface area contributed by atoms with Crippen LogP contribution in [0.3, 0.4) is 0 Å². The van der Waals surface area contributed by atoms with Crippen molar-refractivity contribution < 1.29 is 4.79 Å². The molecule has 0 spiro atoms. The highest BCUT2D eigenvalue weighted by Crippen LogP contribution is 1.75. The van der Waals surface area contributed by atoms with Gasteiger partial charge in [0.2, 0.25) is 5.91 Å². The number of rotatable bonds is 3. The predicted octanol–water partition coefficient (Wildman–Crippen LogP) is -0.395. The summed E-state index contributed by atoms with van der Waals surface area (Å²) >= 11 is 4.79. The Bertz CT molecular complexity index is 170. The molecule has 0 unspecified atom stereocenters. The van der Waals surface area contributed by atoms with Crippen molar-refractivity contribution in [3.63, 3.8) is 0 Å². The van der Waals surface area contributed by atoms with Crippen LogP contribution in [0.25, 0.3) is 0 Å². The standard InChI is InChI=1S/C7H15N3OS/c1-5(2)10-6(11)4-9-7(12)8-3/h5H,4H2,1-3H3,(H,10,11)(H2,8,9,12). The summed E-state index contributed by atoms with van der Waals surface area (Å²) in [6.07, 6.45) is 0. The SMILES string of the molecule is CNC(=S)NCC(=O)NC(C)C. The maximum atomic E-state index is 11.0. The van der Waals surface area contributed by atoms with Crippen molar-refractivity contribution in [1.29, 1.82) is 0 Å². The largest absolute Gasteiger partial charge is 0.366 e. The van der Waals surface area contributed by atoms with Crippen LogP contribution in [0.2, 0.25) is 0 Å². The minimum Gasteiger partial charge on any atom is -0.366 e. The third-order valence-corrected chi connectivity index (χ3v) is 1.43. The maximum absolute atomic E-state index is 11.0. The molecule has 0 saturated heterocycles. The molecule has 3 N–H and O–H groups in total. The van der Waals surface area contributed by atoms with E-state index in [-0.39, 0.29) is 18.5 Å². The molecule has 0 aliphatic carbocycles. The van der Waals surface area contributed by atoms with Crippen molar-refractivity contribution in [1.82, 2.24) is 16.0 Å². The summed E-state index contributed by atoms with van der Waals surface area (Å²) in [7, 11) is 1.70. The van der Waals surface area contributed by atoms with Crippen molar-refractivity contribution in [3.05, 3.63) is 0 Å². The molecule has 0 aliphatic heterocycles. The predicted molar refractivity (Wildman–Crippen MR) is 52.9 cm³/mol. The van der Waals surface area contributed by atoms with E-state index in [9.17, 15) is 4.79 Å². The van der Waals surface area contributed by atoms with Gasteiger partial charge in [-0.2, -0.15) is 0 Å². The van der Waals surface area contributed by atoms with Gasteiger partial charge in [-0.15, -0.1) is 0 Å². The van der Waals surface area contributed by atoms with Crippen molar-refractivity contribution in [2.75, 3.05) is 13.6 Å². The van der Waals surface area contributed by atoms with Crippen LogP contribution in [0, 0.1) is 0 Å². The Morgan fingerprint density at radius 2 is 2.08 bits per heavy atom. The van der Waals surface area contributed by atoms with E-state index in [2.05, 4.69) is 16.0 Å². The lowest BCUT2D eigenvalue weighted by Gasteiger charge is -2.09. The summed E-state index contributed by atoms with van der Waals surface area (Å²) < 4.78 is 0. The molecule has 1 amide bonds. The lowest BCUT2D eigenvalue weighted by molar-refractivity contribution is -0.120. The Balaban J connectivity index is 3.51. The van der Waals surface area contributed by atoms with E-state index >= 15 is 0 Å². The molecule has 0 aromatic rings. The third-order valence-electron chi connectivity index (χ3n) is 1.09. The van der Waals surface area contributed by atoms with Crippen molar-refractivity contribution in [3.8, 4) is 0 Å². The van der Waals surface area contributed by atoms with Crippen LogP contribution in [0.1, 0.15) is 13.8 Å². The second-order valence-corrected chi connectivity index (χ2v) is 3.06. The fourth-order valence-electron chi connectivity index (χ4n) is 0.622. The van der Waals surface area contributed by atoms with Gasteiger partial charge in [0.25, 0.3) is 0 Å². The Labute approximate surface area is 78.1 Å². The first-order valence-electron chi connectivity index (χ1n) is 3.81. The summed E-state index contributed by atoms with van der Waals surface area (Å²) in [5, 5.41) is 8.67. The summed E-state index contributed by atoms with van der Waals surface area (Å²) in [5.41, 5.74) is 0. The molecule has 5 heteroatoms. The Morgan fingerprint density at radius 1 is 1.50 bits per heavy atom. The highest BCUT2D eigenvalue weighted by atomic mass is 32.1. The summed E-state index contributed by atoms with van der Waals surface area (Å²) in [6.45, 7) is 4.04. The second-order valence-electron chi connectivity index (χ2n) is 2.65.